The van der Waals surface area contributed by atoms with Gasteiger partial charge in [0, 0.05) is 26.8 Å². The van der Waals surface area contributed by atoms with Gasteiger partial charge in [0.25, 0.3) is 5.91 Å². The molecule has 8 heteroatoms. The molecule has 0 fully saturated rings. The number of rotatable bonds is 3. The number of amides is 1. The number of nitrogens with one attached hydrogen (secondary N) is 1. The van der Waals surface area contributed by atoms with Crippen LogP contribution in [0.3, 0.4) is 0 Å². The molecule has 5 nitrogen and oxygen atoms in total. The van der Waals surface area contributed by atoms with Gasteiger partial charge in [0.2, 0.25) is 5.82 Å². The molecule has 2 aromatic rings. The van der Waals surface area contributed by atoms with Crippen LogP contribution in [0.4, 0.5) is 15.8 Å². The SMILES string of the molecule is O=C(Nc1ccc(F)c([N+](=O)[O-])c1)c1cc(Cl)cc(Br)c1. The lowest BCUT2D eigenvalue weighted by atomic mass is 10.2. The van der Waals surface area contributed by atoms with Crippen molar-refractivity contribution in [2.75, 3.05) is 5.32 Å². The maximum atomic E-state index is 13.2. The number of carbonyl (C=O) groups is 1. The monoisotopic (exact) mass is 372 g/mol. The molecular formula is C13H7BrClFN2O3. The number of hydrogen-bond acceptors (Lipinski definition) is 3. The summed E-state index contributed by atoms with van der Waals surface area (Å²) in [6.45, 7) is 0. The van der Waals surface area contributed by atoms with Gasteiger partial charge in [-0.3, -0.25) is 14.9 Å². The minimum Gasteiger partial charge on any atom is -0.322 e. The van der Waals surface area contributed by atoms with Crippen LogP contribution in [0.15, 0.2) is 40.9 Å². The summed E-state index contributed by atoms with van der Waals surface area (Å²) in [6, 6.07) is 7.70. The topological polar surface area (TPSA) is 72.2 Å². The van der Waals surface area contributed by atoms with Crippen LogP contribution in [0.25, 0.3) is 0 Å². The van der Waals surface area contributed by atoms with Crippen molar-refractivity contribution in [1.82, 2.24) is 0 Å². The minimum atomic E-state index is -0.969. The number of nitro benzene ring substituents is 1. The summed E-state index contributed by atoms with van der Waals surface area (Å²) in [5, 5.41) is 13.5. The highest BCUT2D eigenvalue weighted by Gasteiger charge is 2.16. The number of anilines is 1. The van der Waals surface area contributed by atoms with E-state index in [4.69, 9.17) is 11.6 Å². The first-order valence-corrected chi connectivity index (χ1v) is 6.75. The van der Waals surface area contributed by atoms with E-state index in [1.165, 1.54) is 12.1 Å². The van der Waals surface area contributed by atoms with Crippen LogP contribution in [-0.2, 0) is 0 Å². The van der Waals surface area contributed by atoms with Crippen LogP contribution >= 0.6 is 27.5 Å². The Balaban J connectivity index is 2.27. The lowest BCUT2D eigenvalue weighted by Gasteiger charge is -2.06. The van der Waals surface area contributed by atoms with E-state index in [0.29, 0.717) is 9.50 Å². The zero-order valence-electron chi connectivity index (χ0n) is 10.3. The third-order valence-electron chi connectivity index (χ3n) is 2.53. The molecule has 0 spiro atoms. The van der Waals surface area contributed by atoms with Crippen molar-refractivity contribution in [2.45, 2.75) is 0 Å². The van der Waals surface area contributed by atoms with E-state index in [-0.39, 0.29) is 11.3 Å². The smallest absolute Gasteiger partial charge is 0.306 e. The van der Waals surface area contributed by atoms with Crippen molar-refractivity contribution in [3.05, 3.63) is 67.4 Å². The van der Waals surface area contributed by atoms with Gasteiger partial charge in [-0.05, 0) is 30.3 Å². The molecule has 0 aliphatic carbocycles. The Morgan fingerprint density at radius 2 is 2.00 bits per heavy atom. The number of halogens is 3. The van der Waals surface area contributed by atoms with Crippen molar-refractivity contribution in [3.8, 4) is 0 Å². The van der Waals surface area contributed by atoms with Crippen LogP contribution in [0.1, 0.15) is 10.4 Å². The Bertz CT molecular complexity index is 719. The van der Waals surface area contributed by atoms with Crippen LogP contribution in [0.2, 0.25) is 5.02 Å². The average molecular weight is 374 g/mol. The van der Waals surface area contributed by atoms with Crippen molar-refractivity contribution >= 4 is 44.8 Å². The number of nitro groups is 1. The van der Waals surface area contributed by atoms with Gasteiger partial charge in [0.15, 0.2) is 0 Å². The third-order valence-corrected chi connectivity index (χ3v) is 3.20. The van der Waals surface area contributed by atoms with E-state index in [0.717, 1.165) is 12.1 Å². The van der Waals surface area contributed by atoms with Gasteiger partial charge in [0.1, 0.15) is 0 Å². The Hall–Kier alpha value is -1.99. The standard InChI is InChI=1S/C13H7BrClFN2O3/c14-8-3-7(4-9(15)5-8)13(19)17-10-1-2-11(16)12(6-10)18(20)21/h1-6H,(H,17,19). The Morgan fingerprint density at radius 1 is 1.29 bits per heavy atom. The van der Waals surface area contributed by atoms with E-state index in [9.17, 15) is 19.3 Å². The predicted octanol–water partition coefficient (Wildman–Crippen LogP) is 4.40. The van der Waals surface area contributed by atoms with Crippen LogP contribution in [0, 0.1) is 15.9 Å². The maximum absolute atomic E-state index is 13.2. The Morgan fingerprint density at radius 3 is 2.62 bits per heavy atom. The largest absolute Gasteiger partial charge is 0.322 e. The summed E-state index contributed by atoms with van der Waals surface area (Å²) in [7, 11) is 0. The average Bonchev–Trinajstić information content (AvgIpc) is 2.39. The molecule has 108 valence electrons. The van der Waals surface area contributed by atoms with E-state index in [1.807, 2.05) is 0 Å². The fraction of sp³-hybridized carbons (Fsp3) is 0. The van der Waals surface area contributed by atoms with Crippen LogP contribution in [-0.4, -0.2) is 10.8 Å². The van der Waals surface area contributed by atoms with E-state index in [2.05, 4.69) is 21.2 Å². The van der Waals surface area contributed by atoms with Crippen molar-refractivity contribution < 1.29 is 14.1 Å². The summed E-state index contributed by atoms with van der Waals surface area (Å²) < 4.78 is 13.8. The fourth-order valence-electron chi connectivity index (χ4n) is 1.62. The molecule has 0 bridgehead atoms. The van der Waals surface area contributed by atoms with E-state index in [1.54, 1.807) is 12.1 Å². The molecule has 0 atom stereocenters. The molecule has 1 amide bonds. The van der Waals surface area contributed by atoms with Crippen LogP contribution < -0.4 is 5.32 Å². The lowest BCUT2D eigenvalue weighted by molar-refractivity contribution is -0.387. The Kier molecular flexibility index (Phi) is 4.54. The molecular weight excluding hydrogens is 367 g/mol. The number of carbonyl (C=O) groups excluding carboxylic acids is 1. The summed E-state index contributed by atoms with van der Waals surface area (Å²) in [6.07, 6.45) is 0. The highest BCUT2D eigenvalue weighted by Crippen LogP contribution is 2.23. The zero-order chi connectivity index (χ0) is 15.6. The third kappa shape index (κ3) is 3.77. The van der Waals surface area contributed by atoms with E-state index < -0.39 is 22.3 Å². The first-order valence-electron chi connectivity index (χ1n) is 5.58. The molecule has 0 heterocycles. The van der Waals surface area contributed by atoms with Gasteiger partial charge >= 0.3 is 5.69 Å². The second kappa shape index (κ2) is 6.19. The molecule has 0 saturated carbocycles. The first-order chi connectivity index (χ1) is 9.86. The molecule has 0 saturated heterocycles. The number of benzene rings is 2. The molecule has 0 aromatic heterocycles. The Labute approximate surface area is 132 Å². The first kappa shape index (κ1) is 15.4. The number of hydrogen-bond donors (Lipinski definition) is 1. The molecule has 0 aliphatic rings. The quantitative estimate of drug-likeness (QED) is 0.640. The lowest BCUT2D eigenvalue weighted by Crippen LogP contribution is -2.12. The molecule has 1 N–H and O–H groups in total. The van der Waals surface area contributed by atoms with Gasteiger partial charge in [-0.25, -0.2) is 0 Å². The second-order valence-corrected chi connectivity index (χ2v) is 5.39. The normalized spacial score (nSPS) is 10.2. The molecule has 21 heavy (non-hydrogen) atoms. The molecule has 0 aliphatic heterocycles. The highest BCUT2D eigenvalue weighted by atomic mass is 79.9. The maximum Gasteiger partial charge on any atom is 0.306 e. The number of nitrogens with zero attached hydrogens (tertiary/aromatic N) is 1. The fourth-order valence-corrected chi connectivity index (χ4v) is 2.48. The summed E-state index contributed by atoms with van der Waals surface area (Å²) in [5.41, 5.74) is -0.328. The van der Waals surface area contributed by atoms with Gasteiger partial charge in [0.05, 0.1) is 4.92 Å². The molecule has 2 aromatic carbocycles. The molecule has 0 unspecified atom stereocenters. The molecule has 2 rings (SSSR count). The van der Waals surface area contributed by atoms with Crippen molar-refractivity contribution in [3.63, 3.8) is 0 Å². The molecule has 0 radical (unpaired) electrons. The van der Waals surface area contributed by atoms with Crippen molar-refractivity contribution in [1.29, 1.82) is 0 Å². The summed E-state index contributed by atoms with van der Waals surface area (Å²) in [4.78, 5) is 21.8. The van der Waals surface area contributed by atoms with E-state index >= 15 is 0 Å². The summed E-state index contributed by atoms with van der Waals surface area (Å²) in [5.74, 6) is -1.48. The van der Waals surface area contributed by atoms with Crippen molar-refractivity contribution in [2.24, 2.45) is 0 Å². The minimum absolute atomic E-state index is 0.115. The zero-order valence-corrected chi connectivity index (χ0v) is 12.6. The second-order valence-electron chi connectivity index (χ2n) is 4.04. The van der Waals surface area contributed by atoms with Gasteiger partial charge in [-0.2, -0.15) is 4.39 Å². The van der Waals surface area contributed by atoms with Gasteiger partial charge in [-0.1, -0.05) is 27.5 Å². The van der Waals surface area contributed by atoms with Crippen LogP contribution in [0.5, 0.6) is 0 Å². The van der Waals surface area contributed by atoms with Gasteiger partial charge < -0.3 is 5.32 Å². The highest BCUT2D eigenvalue weighted by molar-refractivity contribution is 9.10. The summed E-state index contributed by atoms with van der Waals surface area (Å²) >= 11 is 9.04. The van der Waals surface area contributed by atoms with Gasteiger partial charge in [-0.15, -0.1) is 0 Å². The predicted molar refractivity (Wildman–Crippen MR) is 80.2 cm³/mol.